The molecule has 0 aliphatic rings. The van der Waals surface area contributed by atoms with Crippen molar-refractivity contribution in [1.82, 2.24) is 4.98 Å². The van der Waals surface area contributed by atoms with Crippen molar-refractivity contribution in [2.45, 2.75) is 6.43 Å². The predicted molar refractivity (Wildman–Crippen MR) is 45.2 cm³/mol. The zero-order valence-corrected chi connectivity index (χ0v) is 8.03. The first kappa shape index (κ1) is 10.8. The van der Waals surface area contributed by atoms with Gasteiger partial charge >= 0.3 is 5.82 Å². The van der Waals surface area contributed by atoms with Crippen molar-refractivity contribution < 1.29 is 18.8 Å². The maximum atomic E-state index is 12.2. The lowest BCUT2D eigenvalue weighted by Gasteiger charge is -2.02. The lowest BCUT2D eigenvalue weighted by Crippen LogP contribution is -1.96. The topological polar surface area (TPSA) is 76.3 Å². The summed E-state index contributed by atoms with van der Waals surface area (Å²) in [6.07, 6.45) is -2.21. The zero-order chi connectivity index (χ0) is 10.9. The monoisotopic (exact) mass is 268 g/mol. The van der Waals surface area contributed by atoms with Gasteiger partial charge in [-0.3, -0.25) is 0 Å². The smallest absolute Gasteiger partial charge is 0.407 e. The second-order valence-corrected chi connectivity index (χ2v) is 3.05. The van der Waals surface area contributed by atoms with Crippen LogP contribution in [0.3, 0.4) is 0 Å². The Hall–Kier alpha value is -1.31. The maximum absolute atomic E-state index is 12.2. The average Bonchev–Trinajstić information content (AvgIpc) is 2.08. The fourth-order valence-corrected chi connectivity index (χ4v) is 1.22. The van der Waals surface area contributed by atoms with Crippen LogP contribution in [0.5, 0.6) is 5.75 Å². The molecular formula is C6H3BrF2N2O3. The van der Waals surface area contributed by atoms with Gasteiger partial charge < -0.3 is 15.2 Å². The first-order chi connectivity index (χ1) is 6.45. The normalized spacial score (nSPS) is 10.6. The van der Waals surface area contributed by atoms with E-state index in [9.17, 15) is 18.9 Å². The van der Waals surface area contributed by atoms with Crippen LogP contribution in [0.4, 0.5) is 14.6 Å². The van der Waals surface area contributed by atoms with E-state index < -0.39 is 33.0 Å². The highest BCUT2D eigenvalue weighted by molar-refractivity contribution is 9.10. The van der Waals surface area contributed by atoms with E-state index in [1.165, 1.54) is 0 Å². The molecule has 1 rings (SSSR count). The third-order valence-corrected chi connectivity index (χ3v) is 2.24. The molecule has 1 N–H and O–H groups in total. The standard InChI is InChI=1S/C6H3BrF2N2O3/c7-3-2(5(8)9)1-10-6(4(3)12)11(13)14/h1,5,12H. The van der Waals surface area contributed by atoms with Crippen molar-refractivity contribution in [3.63, 3.8) is 0 Å². The van der Waals surface area contributed by atoms with Crippen LogP contribution < -0.4 is 0 Å². The Bertz CT molecular complexity index is 386. The van der Waals surface area contributed by atoms with Crippen molar-refractivity contribution >= 4 is 21.7 Å². The Kier molecular flexibility index (Phi) is 2.94. The molecule has 0 aliphatic heterocycles. The van der Waals surface area contributed by atoms with Gasteiger partial charge in [0.05, 0.1) is 10.0 Å². The van der Waals surface area contributed by atoms with Crippen LogP contribution in [-0.4, -0.2) is 15.0 Å². The minimum Gasteiger partial charge on any atom is -0.500 e. The third kappa shape index (κ3) is 1.79. The molecule has 0 radical (unpaired) electrons. The Morgan fingerprint density at radius 3 is 2.64 bits per heavy atom. The molecule has 0 bridgehead atoms. The molecule has 1 aromatic rings. The predicted octanol–water partition coefficient (Wildman–Crippen LogP) is 2.40. The van der Waals surface area contributed by atoms with Crippen LogP contribution in [-0.2, 0) is 0 Å². The molecule has 0 amide bonds. The van der Waals surface area contributed by atoms with E-state index in [1.54, 1.807) is 0 Å². The Morgan fingerprint density at radius 2 is 2.21 bits per heavy atom. The van der Waals surface area contributed by atoms with Crippen LogP contribution in [0.25, 0.3) is 0 Å². The molecule has 0 saturated carbocycles. The third-order valence-electron chi connectivity index (χ3n) is 1.41. The number of halogens is 3. The summed E-state index contributed by atoms with van der Waals surface area (Å²) in [5.74, 6) is -1.76. The summed E-state index contributed by atoms with van der Waals surface area (Å²) < 4.78 is 24.0. The Morgan fingerprint density at radius 1 is 1.64 bits per heavy atom. The van der Waals surface area contributed by atoms with Crippen LogP contribution in [0, 0.1) is 10.1 Å². The summed E-state index contributed by atoms with van der Waals surface area (Å²) in [7, 11) is 0. The minimum absolute atomic E-state index is 0.408. The summed E-state index contributed by atoms with van der Waals surface area (Å²) >= 11 is 2.63. The highest BCUT2D eigenvalue weighted by atomic mass is 79.9. The number of aromatic hydroxyl groups is 1. The van der Waals surface area contributed by atoms with E-state index in [0.717, 1.165) is 0 Å². The molecular weight excluding hydrogens is 266 g/mol. The molecule has 0 spiro atoms. The summed E-state index contributed by atoms with van der Waals surface area (Å²) in [4.78, 5) is 12.4. The van der Waals surface area contributed by atoms with E-state index in [-0.39, 0.29) is 0 Å². The van der Waals surface area contributed by atoms with Gasteiger partial charge in [-0.05, 0) is 25.8 Å². The molecule has 1 aromatic heterocycles. The van der Waals surface area contributed by atoms with Gasteiger partial charge in [-0.15, -0.1) is 0 Å². The molecule has 5 nitrogen and oxygen atoms in total. The lowest BCUT2D eigenvalue weighted by atomic mass is 10.3. The number of rotatable bonds is 2. The van der Waals surface area contributed by atoms with Crippen molar-refractivity contribution in [2.75, 3.05) is 0 Å². The zero-order valence-electron chi connectivity index (χ0n) is 6.45. The van der Waals surface area contributed by atoms with Crippen LogP contribution in [0.15, 0.2) is 10.7 Å². The molecule has 0 aliphatic carbocycles. The van der Waals surface area contributed by atoms with Gasteiger partial charge in [0.1, 0.15) is 0 Å². The van der Waals surface area contributed by atoms with E-state index in [4.69, 9.17) is 5.11 Å². The summed E-state index contributed by atoms with van der Waals surface area (Å²) in [5, 5.41) is 19.3. The van der Waals surface area contributed by atoms with Crippen molar-refractivity contribution in [2.24, 2.45) is 0 Å². The fourth-order valence-electron chi connectivity index (χ4n) is 0.769. The van der Waals surface area contributed by atoms with E-state index in [1.807, 2.05) is 0 Å². The summed E-state index contributed by atoms with van der Waals surface area (Å²) in [5.41, 5.74) is -0.590. The number of alkyl halides is 2. The molecule has 14 heavy (non-hydrogen) atoms. The van der Waals surface area contributed by atoms with Crippen LogP contribution in [0.1, 0.15) is 12.0 Å². The van der Waals surface area contributed by atoms with Crippen LogP contribution >= 0.6 is 15.9 Å². The summed E-state index contributed by atoms with van der Waals surface area (Å²) in [6, 6.07) is 0. The largest absolute Gasteiger partial charge is 0.500 e. The average molecular weight is 269 g/mol. The highest BCUT2D eigenvalue weighted by Crippen LogP contribution is 2.38. The SMILES string of the molecule is O=[N+]([O-])c1ncc(C(F)F)c(Br)c1O. The molecule has 0 saturated heterocycles. The maximum Gasteiger partial charge on any atom is 0.407 e. The first-order valence-corrected chi connectivity index (χ1v) is 4.04. The molecule has 0 atom stereocenters. The number of aromatic nitrogens is 1. The number of hydrogen-bond acceptors (Lipinski definition) is 4. The van der Waals surface area contributed by atoms with Crippen molar-refractivity contribution in [3.05, 3.63) is 26.3 Å². The van der Waals surface area contributed by atoms with Crippen molar-refractivity contribution in [1.29, 1.82) is 0 Å². The second-order valence-electron chi connectivity index (χ2n) is 2.26. The van der Waals surface area contributed by atoms with Gasteiger partial charge in [-0.2, -0.15) is 0 Å². The number of pyridine rings is 1. The summed E-state index contributed by atoms with van der Waals surface area (Å²) in [6.45, 7) is 0. The minimum atomic E-state index is -2.86. The van der Waals surface area contributed by atoms with Gasteiger partial charge in [-0.1, -0.05) is 0 Å². The van der Waals surface area contributed by atoms with Gasteiger partial charge in [0, 0.05) is 0 Å². The molecule has 0 fully saturated rings. The van der Waals surface area contributed by atoms with Crippen LogP contribution in [0.2, 0.25) is 0 Å². The van der Waals surface area contributed by atoms with E-state index in [0.29, 0.717) is 6.20 Å². The Balaban J connectivity index is 3.33. The van der Waals surface area contributed by atoms with Gasteiger partial charge in [0.15, 0.2) is 6.20 Å². The van der Waals surface area contributed by atoms with Gasteiger partial charge in [-0.25, -0.2) is 8.78 Å². The second kappa shape index (κ2) is 3.82. The van der Waals surface area contributed by atoms with Gasteiger partial charge in [0.2, 0.25) is 5.75 Å². The highest BCUT2D eigenvalue weighted by Gasteiger charge is 2.25. The number of nitrogens with zero attached hydrogens (tertiary/aromatic N) is 2. The van der Waals surface area contributed by atoms with E-state index >= 15 is 0 Å². The van der Waals surface area contributed by atoms with Gasteiger partial charge in [0.25, 0.3) is 6.43 Å². The molecule has 1 heterocycles. The Labute approximate surface area is 84.7 Å². The number of nitro groups is 1. The van der Waals surface area contributed by atoms with E-state index in [2.05, 4.69) is 20.9 Å². The molecule has 0 unspecified atom stereocenters. The lowest BCUT2D eigenvalue weighted by molar-refractivity contribution is -0.390. The molecule has 76 valence electrons. The molecule has 8 heteroatoms. The first-order valence-electron chi connectivity index (χ1n) is 3.25. The van der Waals surface area contributed by atoms with Crippen molar-refractivity contribution in [3.8, 4) is 5.75 Å². The molecule has 0 aromatic carbocycles. The fraction of sp³-hybridized carbons (Fsp3) is 0.167. The quantitative estimate of drug-likeness (QED) is 0.660. The number of hydrogen-bond donors (Lipinski definition) is 1.